The zero-order chi connectivity index (χ0) is 20.8. The van der Waals surface area contributed by atoms with E-state index in [1.165, 1.54) is 6.92 Å². The Kier molecular flexibility index (Phi) is 4.76. The Morgan fingerprint density at radius 2 is 2.10 bits per heavy atom. The number of aliphatic imine (C=N–C) groups is 1. The third-order valence-corrected chi connectivity index (χ3v) is 5.23. The van der Waals surface area contributed by atoms with Crippen LogP contribution in [0.4, 0.5) is 24.8 Å². The molecular weight excluding hydrogens is 381 g/mol. The van der Waals surface area contributed by atoms with Crippen LogP contribution in [0, 0.1) is 0 Å². The van der Waals surface area contributed by atoms with Crippen molar-refractivity contribution < 1.29 is 14.6 Å². The van der Waals surface area contributed by atoms with Crippen LogP contribution in [0.2, 0.25) is 0 Å². The first kappa shape index (κ1) is 19.4. The van der Waals surface area contributed by atoms with E-state index in [1.807, 2.05) is 25.1 Å². The highest BCUT2D eigenvalue weighted by molar-refractivity contribution is 5.96. The number of anilines is 1. The van der Waals surface area contributed by atoms with Crippen LogP contribution in [0.1, 0.15) is 40.2 Å². The summed E-state index contributed by atoms with van der Waals surface area (Å²) in [6.45, 7) is 3.68. The van der Waals surface area contributed by atoms with Crippen LogP contribution in [0.5, 0.6) is 0 Å². The van der Waals surface area contributed by atoms with Gasteiger partial charge in [-0.3, -0.25) is 9.38 Å². The molecule has 3 aromatic rings. The van der Waals surface area contributed by atoms with Crippen LogP contribution >= 0.6 is 0 Å². The van der Waals surface area contributed by atoms with E-state index in [9.17, 15) is 13.2 Å². The van der Waals surface area contributed by atoms with Crippen LogP contribution < -0.4 is 5.32 Å². The summed E-state index contributed by atoms with van der Waals surface area (Å²) in [7, 11) is 0. The van der Waals surface area contributed by atoms with Crippen molar-refractivity contribution in [3.05, 3.63) is 36.3 Å². The predicted molar refractivity (Wildman–Crippen MR) is 108 cm³/mol. The molecule has 2 atom stereocenters. The lowest BCUT2D eigenvalue weighted by atomic mass is 9.98. The molecule has 1 unspecified atom stereocenters. The quantitative estimate of drug-likeness (QED) is 0.625. The summed E-state index contributed by atoms with van der Waals surface area (Å²) < 4.78 is 41.3. The molecule has 0 saturated carbocycles. The molecule has 0 radical (unpaired) electrons. The van der Waals surface area contributed by atoms with Gasteiger partial charge >= 0.3 is 0 Å². The molecule has 6 nitrogen and oxygen atoms in total. The fourth-order valence-electron chi connectivity index (χ4n) is 3.39. The van der Waals surface area contributed by atoms with Crippen LogP contribution in [-0.2, 0) is 0 Å². The molecule has 0 bridgehead atoms. The van der Waals surface area contributed by atoms with E-state index >= 15 is 0 Å². The SMILES string of the molecule is CC1=Nc2ccc(-c3ccn4nc(N[C@H](C)C(C)(F)F)ncc34)nc2C1CCF.[HH]. The van der Waals surface area contributed by atoms with Crippen molar-refractivity contribution in [1.82, 2.24) is 19.6 Å². The first-order valence-corrected chi connectivity index (χ1v) is 9.39. The number of pyridine rings is 1. The molecule has 0 fully saturated rings. The van der Waals surface area contributed by atoms with Crippen molar-refractivity contribution in [3.8, 4) is 11.3 Å². The summed E-state index contributed by atoms with van der Waals surface area (Å²) in [5, 5.41) is 6.89. The second kappa shape index (κ2) is 7.13. The molecule has 0 aromatic carbocycles. The van der Waals surface area contributed by atoms with E-state index in [0.29, 0.717) is 17.6 Å². The predicted octanol–water partition coefficient (Wildman–Crippen LogP) is 5.04. The molecule has 0 spiro atoms. The first-order valence-electron chi connectivity index (χ1n) is 9.39. The largest absolute Gasteiger partial charge is 0.344 e. The van der Waals surface area contributed by atoms with Crippen molar-refractivity contribution >= 4 is 22.9 Å². The maximum Gasteiger partial charge on any atom is 0.264 e. The lowest BCUT2D eigenvalue weighted by molar-refractivity contribution is 0.00673. The molecule has 1 aliphatic heterocycles. The third-order valence-electron chi connectivity index (χ3n) is 5.23. The van der Waals surface area contributed by atoms with E-state index in [4.69, 9.17) is 4.98 Å². The summed E-state index contributed by atoms with van der Waals surface area (Å²) in [5.41, 5.74) is 4.61. The molecule has 1 N–H and O–H groups in total. The molecule has 1 aliphatic rings. The Labute approximate surface area is 167 Å². The highest BCUT2D eigenvalue weighted by atomic mass is 19.3. The molecule has 0 saturated heterocycles. The Bertz CT molecular complexity index is 1090. The van der Waals surface area contributed by atoms with Gasteiger partial charge < -0.3 is 5.32 Å². The van der Waals surface area contributed by atoms with Gasteiger partial charge in [0.05, 0.1) is 41.5 Å². The lowest BCUT2D eigenvalue weighted by Crippen LogP contribution is -2.35. The van der Waals surface area contributed by atoms with E-state index in [-0.39, 0.29) is 13.3 Å². The minimum absolute atomic E-state index is 0. The molecular formula is C20H23F3N6. The van der Waals surface area contributed by atoms with Gasteiger partial charge in [0.1, 0.15) is 0 Å². The van der Waals surface area contributed by atoms with Gasteiger partial charge in [0, 0.05) is 31.7 Å². The molecule has 4 heterocycles. The number of nitrogens with zero attached hydrogens (tertiary/aromatic N) is 5. The standard InChI is InChI=1S/C20H21F3N6.H2/c1-11-13(6-8-21)18-16(25-11)5-4-15(27-18)14-7-9-29-17(14)10-24-19(28-29)26-12(2)20(3,22)23;/h4-5,7,9-10,12-13H,6,8H2,1-3H3,(H,26,28);1H/t12-,13?;/m1./s1. The monoisotopic (exact) mass is 404 g/mol. The van der Waals surface area contributed by atoms with Gasteiger partial charge in [0.15, 0.2) is 0 Å². The molecule has 0 amide bonds. The Hall–Kier alpha value is -2.97. The maximum absolute atomic E-state index is 13.4. The van der Waals surface area contributed by atoms with E-state index in [1.54, 1.807) is 16.9 Å². The minimum Gasteiger partial charge on any atom is -0.344 e. The average molecular weight is 404 g/mol. The zero-order valence-electron chi connectivity index (χ0n) is 16.3. The number of aromatic nitrogens is 4. The number of halogens is 3. The maximum atomic E-state index is 13.4. The van der Waals surface area contributed by atoms with Crippen LogP contribution in [0.25, 0.3) is 16.8 Å². The van der Waals surface area contributed by atoms with Gasteiger partial charge in [-0.25, -0.2) is 23.3 Å². The summed E-state index contributed by atoms with van der Waals surface area (Å²) in [6, 6.07) is 4.47. The topological polar surface area (TPSA) is 67.5 Å². The molecule has 0 aliphatic carbocycles. The molecule has 29 heavy (non-hydrogen) atoms. The molecule has 154 valence electrons. The van der Waals surface area contributed by atoms with Gasteiger partial charge in [-0.05, 0) is 38.5 Å². The van der Waals surface area contributed by atoms with Crippen molar-refractivity contribution in [2.45, 2.75) is 45.1 Å². The van der Waals surface area contributed by atoms with Gasteiger partial charge in [-0.15, -0.1) is 5.10 Å². The van der Waals surface area contributed by atoms with Crippen molar-refractivity contribution in [2.24, 2.45) is 4.99 Å². The minimum atomic E-state index is -2.90. The highest BCUT2D eigenvalue weighted by Crippen LogP contribution is 2.38. The molecule has 9 heteroatoms. The number of hydrogen-bond acceptors (Lipinski definition) is 5. The van der Waals surface area contributed by atoms with Crippen molar-refractivity contribution in [2.75, 3.05) is 12.0 Å². The number of nitrogens with one attached hydrogen (secondary N) is 1. The Balaban J connectivity index is 0.00000256. The average Bonchev–Trinajstić information content (AvgIpc) is 3.21. The summed E-state index contributed by atoms with van der Waals surface area (Å²) >= 11 is 0. The molecule has 4 rings (SSSR count). The normalized spacial score (nSPS) is 17.3. The fraction of sp³-hybridized carbons (Fsp3) is 0.400. The third kappa shape index (κ3) is 3.56. The summed E-state index contributed by atoms with van der Waals surface area (Å²) in [6.07, 6.45) is 3.65. The van der Waals surface area contributed by atoms with Crippen LogP contribution in [0.15, 0.2) is 35.6 Å². The summed E-state index contributed by atoms with van der Waals surface area (Å²) in [5.74, 6) is -2.90. The van der Waals surface area contributed by atoms with Crippen LogP contribution in [-0.4, -0.2) is 43.9 Å². The number of alkyl halides is 3. The van der Waals surface area contributed by atoms with E-state index in [2.05, 4.69) is 20.4 Å². The van der Waals surface area contributed by atoms with E-state index < -0.39 is 18.6 Å². The second-order valence-corrected chi connectivity index (χ2v) is 7.35. The fourth-order valence-corrected chi connectivity index (χ4v) is 3.39. The molecule has 3 aromatic heterocycles. The number of fused-ring (bicyclic) bond motifs is 2. The van der Waals surface area contributed by atoms with Crippen LogP contribution in [0.3, 0.4) is 0 Å². The highest BCUT2D eigenvalue weighted by Gasteiger charge is 2.31. The zero-order valence-corrected chi connectivity index (χ0v) is 16.3. The second-order valence-electron chi connectivity index (χ2n) is 7.35. The lowest BCUT2D eigenvalue weighted by Gasteiger charge is -2.20. The van der Waals surface area contributed by atoms with Crippen molar-refractivity contribution in [1.29, 1.82) is 0 Å². The Morgan fingerprint density at radius 3 is 2.83 bits per heavy atom. The number of rotatable bonds is 6. The van der Waals surface area contributed by atoms with Gasteiger partial charge in [-0.1, -0.05) is 0 Å². The van der Waals surface area contributed by atoms with Gasteiger partial charge in [0.25, 0.3) is 5.92 Å². The number of hydrogen-bond donors (Lipinski definition) is 1. The summed E-state index contributed by atoms with van der Waals surface area (Å²) in [4.78, 5) is 13.4. The van der Waals surface area contributed by atoms with Gasteiger partial charge in [0.2, 0.25) is 5.95 Å². The first-order chi connectivity index (χ1) is 13.8. The smallest absolute Gasteiger partial charge is 0.264 e. The van der Waals surface area contributed by atoms with Crippen molar-refractivity contribution in [3.63, 3.8) is 0 Å². The Morgan fingerprint density at radius 1 is 1.31 bits per heavy atom. The van der Waals surface area contributed by atoms with Gasteiger partial charge in [-0.2, -0.15) is 0 Å². The van der Waals surface area contributed by atoms with E-state index in [0.717, 1.165) is 29.6 Å².